The fourth-order valence-corrected chi connectivity index (χ4v) is 5.03. The quantitative estimate of drug-likeness (QED) is 0.256. The Labute approximate surface area is 218 Å². The van der Waals surface area contributed by atoms with Crippen LogP contribution >= 0.6 is 24.8 Å². The molecule has 3 N–H and O–H groups in total. The van der Waals surface area contributed by atoms with Gasteiger partial charge in [-0.1, -0.05) is 60.7 Å². The Hall–Kier alpha value is -2.52. The van der Waals surface area contributed by atoms with Gasteiger partial charge in [-0.05, 0) is 47.9 Å². The number of rotatable bonds is 10. The summed E-state index contributed by atoms with van der Waals surface area (Å²) in [6.07, 6.45) is 3.29. The zero-order valence-electron chi connectivity index (χ0n) is 19.0. The molecule has 0 saturated carbocycles. The fraction of sp³-hybridized carbons (Fsp3) is 0.192. The van der Waals surface area contributed by atoms with Crippen molar-refractivity contribution in [1.29, 1.82) is 0 Å². The van der Waals surface area contributed by atoms with E-state index < -0.39 is 16.1 Å². The molecule has 0 aliphatic heterocycles. The molecule has 0 radical (unpaired) electrons. The Morgan fingerprint density at radius 3 is 2.23 bits per heavy atom. The molecule has 1 atom stereocenters. The highest BCUT2D eigenvalue weighted by molar-refractivity contribution is 7.89. The van der Waals surface area contributed by atoms with Crippen molar-refractivity contribution < 1.29 is 13.5 Å². The molecule has 4 rings (SSSR count). The third-order valence-electron chi connectivity index (χ3n) is 5.48. The molecule has 1 heterocycles. The van der Waals surface area contributed by atoms with Crippen LogP contribution in [0.2, 0.25) is 0 Å². The second-order valence-corrected chi connectivity index (χ2v) is 9.54. The molecule has 35 heavy (non-hydrogen) atoms. The van der Waals surface area contributed by atoms with E-state index in [9.17, 15) is 13.5 Å². The van der Waals surface area contributed by atoms with Crippen molar-refractivity contribution in [3.8, 4) is 11.1 Å². The highest BCUT2D eigenvalue weighted by atomic mass is 35.5. The van der Waals surface area contributed by atoms with Crippen molar-refractivity contribution in [3.05, 3.63) is 96.8 Å². The number of hydrogen-bond acceptors (Lipinski definition) is 5. The molecule has 6 nitrogen and oxygen atoms in total. The molecule has 0 amide bonds. The molecule has 1 aromatic heterocycles. The van der Waals surface area contributed by atoms with Gasteiger partial charge in [0.05, 0.1) is 11.0 Å². The Morgan fingerprint density at radius 2 is 1.51 bits per heavy atom. The molecule has 0 bridgehead atoms. The van der Waals surface area contributed by atoms with E-state index in [-0.39, 0.29) is 36.3 Å². The van der Waals surface area contributed by atoms with Gasteiger partial charge in [0.2, 0.25) is 10.0 Å². The first-order valence-corrected chi connectivity index (χ1v) is 12.4. The van der Waals surface area contributed by atoms with Crippen LogP contribution in [-0.4, -0.2) is 38.1 Å². The molecule has 0 spiro atoms. The first-order valence-electron chi connectivity index (χ1n) is 10.9. The van der Waals surface area contributed by atoms with E-state index in [0.29, 0.717) is 24.9 Å². The van der Waals surface area contributed by atoms with Crippen LogP contribution in [0.4, 0.5) is 0 Å². The van der Waals surface area contributed by atoms with Gasteiger partial charge < -0.3 is 10.4 Å². The average Bonchev–Trinajstić information content (AvgIpc) is 2.86. The van der Waals surface area contributed by atoms with Gasteiger partial charge in [-0.25, -0.2) is 13.1 Å². The molecule has 0 saturated heterocycles. The third-order valence-corrected chi connectivity index (χ3v) is 6.99. The average molecular weight is 535 g/mol. The van der Waals surface area contributed by atoms with Crippen molar-refractivity contribution in [2.24, 2.45) is 0 Å². The van der Waals surface area contributed by atoms with E-state index in [2.05, 4.69) is 15.0 Å². The van der Waals surface area contributed by atoms with Crippen LogP contribution in [0, 0.1) is 0 Å². The Morgan fingerprint density at radius 1 is 0.829 bits per heavy atom. The summed E-state index contributed by atoms with van der Waals surface area (Å²) in [6.45, 7) is 1.28. The number of benzene rings is 3. The Balaban J connectivity index is 0.00000216. The van der Waals surface area contributed by atoms with E-state index in [1.165, 1.54) is 0 Å². The van der Waals surface area contributed by atoms with Gasteiger partial charge in [0, 0.05) is 36.3 Å². The summed E-state index contributed by atoms with van der Waals surface area (Å²) in [4.78, 5) is 4.39. The lowest BCUT2D eigenvalue weighted by molar-refractivity contribution is 0.167. The molecule has 3 aromatic carbocycles. The fourth-order valence-electron chi connectivity index (χ4n) is 3.75. The maximum absolute atomic E-state index is 13.2. The monoisotopic (exact) mass is 533 g/mol. The number of sulfonamides is 1. The number of pyridine rings is 1. The standard InChI is InChI=1S/C26H27N3O3S.2ClH/c30-25(21-9-5-2-6-10-21)12-14-27-15-16-29-33(31,32)26-18-22(20-7-3-1-4-8-20)17-23-19-28-13-11-24(23)26;;/h1-11,13,17-19,25,27,29-30H,12,14-16H2;2*1H/t25-;;/m1../s1. The zero-order valence-corrected chi connectivity index (χ0v) is 21.5. The van der Waals surface area contributed by atoms with Crippen molar-refractivity contribution in [3.63, 3.8) is 0 Å². The second-order valence-electron chi connectivity index (χ2n) is 7.80. The number of nitrogens with zero attached hydrogens (tertiary/aromatic N) is 1. The molecular formula is C26H29Cl2N3O3S. The zero-order chi connectivity index (χ0) is 23.1. The molecule has 0 aliphatic rings. The molecular weight excluding hydrogens is 505 g/mol. The van der Waals surface area contributed by atoms with Gasteiger partial charge in [0.25, 0.3) is 0 Å². The Kier molecular flexibility index (Phi) is 11.1. The molecule has 186 valence electrons. The van der Waals surface area contributed by atoms with E-state index in [4.69, 9.17) is 0 Å². The summed E-state index contributed by atoms with van der Waals surface area (Å²) in [5.41, 5.74) is 2.64. The summed E-state index contributed by atoms with van der Waals surface area (Å²) in [7, 11) is -3.73. The predicted octanol–water partition coefficient (Wildman–Crippen LogP) is 4.74. The summed E-state index contributed by atoms with van der Waals surface area (Å²) in [5.74, 6) is 0. The van der Waals surface area contributed by atoms with Crippen molar-refractivity contribution in [1.82, 2.24) is 15.0 Å². The summed E-state index contributed by atoms with van der Waals surface area (Å²) >= 11 is 0. The molecule has 0 unspecified atom stereocenters. The first-order chi connectivity index (χ1) is 16.0. The normalized spacial score (nSPS) is 11.9. The van der Waals surface area contributed by atoms with Crippen LogP contribution in [0.3, 0.4) is 0 Å². The van der Waals surface area contributed by atoms with Crippen LogP contribution in [0.1, 0.15) is 18.1 Å². The summed E-state index contributed by atoms with van der Waals surface area (Å²) in [6, 6.07) is 24.6. The number of hydrogen-bond donors (Lipinski definition) is 3. The van der Waals surface area contributed by atoms with Crippen LogP contribution in [0.5, 0.6) is 0 Å². The van der Waals surface area contributed by atoms with Crippen molar-refractivity contribution >= 4 is 45.6 Å². The van der Waals surface area contributed by atoms with E-state index >= 15 is 0 Å². The number of aliphatic hydroxyl groups excluding tert-OH is 1. The number of fused-ring (bicyclic) bond motifs is 1. The highest BCUT2D eigenvalue weighted by Gasteiger charge is 2.19. The number of halogens is 2. The molecule has 0 aliphatic carbocycles. The maximum Gasteiger partial charge on any atom is 0.241 e. The van der Waals surface area contributed by atoms with E-state index in [1.807, 2.05) is 66.7 Å². The largest absolute Gasteiger partial charge is 0.388 e. The Bertz CT molecular complexity index is 1310. The minimum absolute atomic E-state index is 0. The van der Waals surface area contributed by atoms with E-state index in [0.717, 1.165) is 22.1 Å². The van der Waals surface area contributed by atoms with Crippen LogP contribution < -0.4 is 10.0 Å². The van der Waals surface area contributed by atoms with Gasteiger partial charge in [-0.3, -0.25) is 4.98 Å². The topological polar surface area (TPSA) is 91.3 Å². The lowest BCUT2D eigenvalue weighted by Gasteiger charge is -2.13. The van der Waals surface area contributed by atoms with Crippen LogP contribution in [0.15, 0.2) is 96.2 Å². The molecule has 9 heteroatoms. The first kappa shape index (κ1) is 28.7. The van der Waals surface area contributed by atoms with Crippen LogP contribution in [-0.2, 0) is 10.0 Å². The SMILES string of the molecule is Cl.Cl.O=S(=O)(NCCNCC[C@@H](O)c1ccccc1)c1cc(-c2ccccc2)cc2cnccc12. The molecule has 4 aromatic rings. The lowest BCUT2D eigenvalue weighted by Crippen LogP contribution is -2.32. The summed E-state index contributed by atoms with van der Waals surface area (Å²) in [5, 5.41) is 14.8. The van der Waals surface area contributed by atoms with Gasteiger partial charge in [0.1, 0.15) is 0 Å². The second kappa shape index (κ2) is 13.5. The number of aromatic nitrogens is 1. The van der Waals surface area contributed by atoms with Gasteiger partial charge in [0.15, 0.2) is 0 Å². The highest BCUT2D eigenvalue weighted by Crippen LogP contribution is 2.30. The predicted molar refractivity (Wildman–Crippen MR) is 146 cm³/mol. The minimum atomic E-state index is -3.73. The molecule has 0 fully saturated rings. The minimum Gasteiger partial charge on any atom is -0.388 e. The van der Waals surface area contributed by atoms with Crippen LogP contribution in [0.25, 0.3) is 21.9 Å². The summed E-state index contributed by atoms with van der Waals surface area (Å²) < 4.78 is 29.0. The van der Waals surface area contributed by atoms with Gasteiger partial charge in [-0.15, -0.1) is 24.8 Å². The number of aliphatic hydroxyl groups is 1. The van der Waals surface area contributed by atoms with Crippen molar-refractivity contribution in [2.75, 3.05) is 19.6 Å². The van der Waals surface area contributed by atoms with Gasteiger partial charge >= 0.3 is 0 Å². The number of nitrogens with one attached hydrogen (secondary N) is 2. The van der Waals surface area contributed by atoms with Crippen molar-refractivity contribution in [2.45, 2.75) is 17.4 Å². The maximum atomic E-state index is 13.2. The third kappa shape index (κ3) is 7.48. The lowest BCUT2D eigenvalue weighted by atomic mass is 10.0. The van der Waals surface area contributed by atoms with E-state index in [1.54, 1.807) is 24.5 Å². The smallest absolute Gasteiger partial charge is 0.241 e. The van der Waals surface area contributed by atoms with Gasteiger partial charge in [-0.2, -0.15) is 0 Å².